The summed E-state index contributed by atoms with van der Waals surface area (Å²) in [6, 6.07) is 16.1. The van der Waals surface area contributed by atoms with Gasteiger partial charge in [0.15, 0.2) is 5.76 Å². The SMILES string of the molecule is COc1cc(Cn2c(-c3ccccc3)c(Cl)c3c2-c2oncc2CC3)cc(OC)c1. The third-order valence-corrected chi connectivity index (χ3v) is 6.01. The number of ether oxygens (including phenoxy) is 2. The highest BCUT2D eigenvalue weighted by Crippen LogP contribution is 2.45. The third-order valence-electron chi connectivity index (χ3n) is 5.60. The number of hydrogen-bond acceptors (Lipinski definition) is 4. The summed E-state index contributed by atoms with van der Waals surface area (Å²) in [4.78, 5) is 0. The van der Waals surface area contributed by atoms with Crippen LogP contribution in [0.15, 0.2) is 59.3 Å². The van der Waals surface area contributed by atoms with Crippen LogP contribution in [0.2, 0.25) is 5.02 Å². The number of nitrogens with zero attached hydrogens (tertiary/aromatic N) is 2. The molecule has 0 fully saturated rings. The Morgan fingerprint density at radius 1 is 1.00 bits per heavy atom. The zero-order valence-electron chi connectivity index (χ0n) is 16.8. The number of fused-ring (bicyclic) bond motifs is 3. The molecule has 1 aliphatic rings. The Morgan fingerprint density at radius 2 is 1.73 bits per heavy atom. The van der Waals surface area contributed by atoms with E-state index in [2.05, 4.69) is 21.9 Å². The van der Waals surface area contributed by atoms with Crippen LogP contribution in [0.1, 0.15) is 16.7 Å². The molecular weight excluding hydrogens is 400 g/mol. The number of halogens is 1. The Balaban J connectivity index is 1.73. The number of hydrogen-bond donors (Lipinski definition) is 0. The molecule has 0 bridgehead atoms. The van der Waals surface area contributed by atoms with E-state index in [1.807, 2.05) is 36.4 Å². The molecule has 4 aromatic rings. The second-order valence-corrected chi connectivity index (χ2v) is 7.72. The highest BCUT2D eigenvalue weighted by Gasteiger charge is 2.31. The van der Waals surface area contributed by atoms with Crippen molar-refractivity contribution >= 4 is 11.6 Å². The van der Waals surface area contributed by atoms with Gasteiger partial charge in [0.05, 0.1) is 36.8 Å². The molecular formula is C24H21ClN2O3. The first-order valence-electron chi connectivity index (χ1n) is 9.81. The van der Waals surface area contributed by atoms with Crippen LogP contribution in [0.25, 0.3) is 22.7 Å². The van der Waals surface area contributed by atoms with Gasteiger partial charge in [-0.25, -0.2) is 0 Å². The van der Waals surface area contributed by atoms with Gasteiger partial charge in [0.2, 0.25) is 0 Å². The van der Waals surface area contributed by atoms with E-state index < -0.39 is 0 Å². The van der Waals surface area contributed by atoms with E-state index in [9.17, 15) is 0 Å². The van der Waals surface area contributed by atoms with Crippen molar-refractivity contribution in [2.75, 3.05) is 14.2 Å². The van der Waals surface area contributed by atoms with Crippen LogP contribution < -0.4 is 9.47 Å². The lowest BCUT2D eigenvalue weighted by Gasteiger charge is -2.17. The second-order valence-electron chi connectivity index (χ2n) is 7.34. The number of aromatic nitrogens is 2. The Morgan fingerprint density at radius 3 is 2.43 bits per heavy atom. The molecule has 0 radical (unpaired) electrons. The summed E-state index contributed by atoms with van der Waals surface area (Å²) < 4.78 is 18.8. The molecule has 0 spiro atoms. The summed E-state index contributed by atoms with van der Waals surface area (Å²) in [5.74, 6) is 2.30. The van der Waals surface area contributed by atoms with E-state index >= 15 is 0 Å². The fraction of sp³-hybridized carbons (Fsp3) is 0.208. The van der Waals surface area contributed by atoms with Crippen molar-refractivity contribution in [2.24, 2.45) is 0 Å². The Kier molecular flexibility index (Phi) is 4.75. The summed E-state index contributed by atoms with van der Waals surface area (Å²) in [6.07, 6.45) is 3.54. The third kappa shape index (κ3) is 3.06. The lowest BCUT2D eigenvalue weighted by molar-refractivity contribution is 0.393. The normalized spacial score (nSPS) is 12.4. The first-order chi connectivity index (χ1) is 14.7. The Hall–Kier alpha value is -3.18. The molecule has 2 aromatic carbocycles. The first kappa shape index (κ1) is 18.8. The van der Waals surface area contributed by atoms with Gasteiger partial charge in [-0.3, -0.25) is 0 Å². The number of methoxy groups -OCH3 is 2. The van der Waals surface area contributed by atoms with Crippen molar-refractivity contribution in [1.29, 1.82) is 0 Å². The molecule has 1 aliphatic carbocycles. The maximum Gasteiger partial charge on any atom is 0.186 e. The summed E-state index contributed by atoms with van der Waals surface area (Å²) >= 11 is 6.97. The van der Waals surface area contributed by atoms with Crippen molar-refractivity contribution in [3.05, 3.63) is 76.4 Å². The van der Waals surface area contributed by atoms with Crippen LogP contribution in [0.3, 0.4) is 0 Å². The molecule has 0 saturated heterocycles. The maximum absolute atomic E-state index is 6.97. The minimum atomic E-state index is 0.590. The van der Waals surface area contributed by atoms with Gasteiger partial charge < -0.3 is 18.6 Å². The lowest BCUT2D eigenvalue weighted by Crippen LogP contribution is -2.08. The van der Waals surface area contributed by atoms with Crippen molar-refractivity contribution in [1.82, 2.24) is 9.72 Å². The molecule has 2 heterocycles. The number of benzene rings is 2. The monoisotopic (exact) mass is 420 g/mol. The van der Waals surface area contributed by atoms with E-state index in [0.29, 0.717) is 6.54 Å². The van der Waals surface area contributed by atoms with Gasteiger partial charge in [-0.2, -0.15) is 0 Å². The van der Waals surface area contributed by atoms with Crippen molar-refractivity contribution in [3.63, 3.8) is 0 Å². The average Bonchev–Trinajstić information content (AvgIpc) is 3.36. The van der Waals surface area contributed by atoms with Gasteiger partial charge in [-0.15, -0.1) is 0 Å². The molecule has 5 nitrogen and oxygen atoms in total. The topological polar surface area (TPSA) is 49.4 Å². The van der Waals surface area contributed by atoms with Gasteiger partial charge in [0.1, 0.15) is 11.5 Å². The zero-order valence-corrected chi connectivity index (χ0v) is 17.6. The highest BCUT2D eigenvalue weighted by molar-refractivity contribution is 6.34. The molecule has 0 saturated carbocycles. The van der Waals surface area contributed by atoms with Crippen LogP contribution in [-0.2, 0) is 19.4 Å². The van der Waals surface area contributed by atoms with E-state index in [1.54, 1.807) is 20.4 Å². The zero-order chi connectivity index (χ0) is 20.7. The van der Waals surface area contributed by atoms with E-state index in [4.69, 9.17) is 25.6 Å². The summed E-state index contributed by atoms with van der Waals surface area (Å²) in [5.41, 5.74) is 6.31. The standard InChI is InChI=1S/C24H21ClN2O3/c1-28-18-10-15(11-19(12-18)29-2)14-27-22(16-6-4-3-5-7-16)21(25)20-9-8-17-13-26-30-24(17)23(20)27/h3-7,10-13H,8-9,14H2,1-2H3. The molecule has 152 valence electrons. The fourth-order valence-corrected chi connectivity index (χ4v) is 4.59. The summed E-state index contributed by atoms with van der Waals surface area (Å²) in [5, 5.41) is 4.82. The van der Waals surface area contributed by atoms with Crippen molar-refractivity contribution in [2.45, 2.75) is 19.4 Å². The molecule has 6 heteroatoms. The minimum absolute atomic E-state index is 0.590. The van der Waals surface area contributed by atoms with Gasteiger partial charge in [-0.1, -0.05) is 47.1 Å². The molecule has 0 amide bonds. The summed E-state index contributed by atoms with van der Waals surface area (Å²) in [7, 11) is 3.31. The van der Waals surface area contributed by atoms with Gasteiger partial charge in [0.25, 0.3) is 0 Å². The van der Waals surface area contributed by atoms with Crippen LogP contribution >= 0.6 is 11.6 Å². The second kappa shape index (κ2) is 7.58. The van der Waals surface area contributed by atoms with E-state index in [-0.39, 0.29) is 0 Å². The van der Waals surface area contributed by atoms with Crippen LogP contribution in [0.5, 0.6) is 11.5 Å². The van der Waals surface area contributed by atoms with Crippen molar-refractivity contribution < 1.29 is 14.0 Å². The molecule has 0 unspecified atom stereocenters. The van der Waals surface area contributed by atoms with Gasteiger partial charge in [0, 0.05) is 23.7 Å². The van der Waals surface area contributed by atoms with Gasteiger partial charge >= 0.3 is 0 Å². The average molecular weight is 421 g/mol. The predicted molar refractivity (Wildman–Crippen MR) is 116 cm³/mol. The molecule has 5 rings (SSSR count). The minimum Gasteiger partial charge on any atom is -0.497 e. The lowest BCUT2D eigenvalue weighted by atomic mass is 9.96. The Labute approximate surface area is 179 Å². The molecule has 0 N–H and O–H groups in total. The van der Waals surface area contributed by atoms with Crippen LogP contribution in [0, 0.1) is 0 Å². The predicted octanol–water partition coefficient (Wildman–Crippen LogP) is 5.63. The molecule has 0 aliphatic heterocycles. The van der Waals surface area contributed by atoms with Crippen LogP contribution in [0.4, 0.5) is 0 Å². The highest BCUT2D eigenvalue weighted by atomic mass is 35.5. The van der Waals surface area contributed by atoms with E-state index in [0.717, 1.165) is 68.8 Å². The largest absolute Gasteiger partial charge is 0.497 e. The first-order valence-corrected chi connectivity index (χ1v) is 10.2. The number of aryl methyl sites for hydroxylation is 1. The smallest absolute Gasteiger partial charge is 0.186 e. The summed E-state index contributed by atoms with van der Waals surface area (Å²) in [6.45, 7) is 0.590. The molecule has 2 aromatic heterocycles. The quantitative estimate of drug-likeness (QED) is 0.420. The van der Waals surface area contributed by atoms with Crippen molar-refractivity contribution in [3.8, 4) is 34.2 Å². The van der Waals surface area contributed by atoms with Gasteiger partial charge in [-0.05, 0) is 36.1 Å². The molecule has 0 atom stereocenters. The fourth-order valence-electron chi connectivity index (χ4n) is 4.20. The van der Waals surface area contributed by atoms with Crippen LogP contribution in [-0.4, -0.2) is 23.9 Å². The maximum atomic E-state index is 6.97. The number of rotatable bonds is 5. The van der Waals surface area contributed by atoms with E-state index in [1.165, 1.54) is 0 Å². The Bertz CT molecular complexity index is 1190. The molecule has 30 heavy (non-hydrogen) atoms.